The topological polar surface area (TPSA) is 41.5 Å². The van der Waals surface area contributed by atoms with Crippen LogP contribution in [0.4, 0.5) is 0 Å². The molecule has 3 nitrogen and oxygen atoms in total. The van der Waals surface area contributed by atoms with Crippen molar-refractivity contribution in [1.82, 2.24) is 5.32 Å². The first kappa shape index (κ1) is 12.9. The molecule has 1 aromatic rings. The summed E-state index contributed by atoms with van der Waals surface area (Å²) < 4.78 is 5.70. The van der Waals surface area contributed by atoms with Gasteiger partial charge >= 0.3 is 0 Å². The van der Waals surface area contributed by atoms with Gasteiger partial charge in [0.15, 0.2) is 0 Å². The van der Waals surface area contributed by atoms with Crippen LogP contribution in [-0.2, 0) is 12.8 Å². The van der Waals surface area contributed by atoms with E-state index >= 15 is 0 Å². The first-order valence-electron chi connectivity index (χ1n) is 6.30. The third-order valence-corrected chi connectivity index (χ3v) is 4.03. The van der Waals surface area contributed by atoms with E-state index in [4.69, 9.17) is 4.74 Å². The molecule has 1 atom stereocenters. The van der Waals surface area contributed by atoms with Crippen LogP contribution in [0.5, 0.6) is 5.75 Å². The lowest BCUT2D eigenvalue weighted by molar-refractivity contribution is 0.104. The Bertz CT molecular complexity index is 362. The van der Waals surface area contributed by atoms with Gasteiger partial charge in [0, 0.05) is 28.4 Å². The second-order valence-corrected chi connectivity index (χ2v) is 5.85. The molecule has 0 amide bonds. The van der Waals surface area contributed by atoms with Gasteiger partial charge in [-0.25, -0.2) is 0 Å². The SMILES string of the molecule is CC(C)NCC(O)COc1csc2c1CCC2. The average Bonchev–Trinajstić information content (AvgIpc) is 2.86. The highest BCUT2D eigenvalue weighted by atomic mass is 32.1. The average molecular weight is 255 g/mol. The van der Waals surface area contributed by atoms with Gasteiger partial charge in [0.05, 0.1) is 0 Å². The Kier molecular flexibility index (Phi) is 4.42. The highest BCUT2D eigenvalue weighted by Crippen LogP contribution is 2.36. The molecular weight excluding hydrogens is 234 g/mol. The summed E-state index contributed by atoms with van der Waals surface area (Å²) in [5.74, 6) is 0.992. The smallest absolute Gasteiger partial charge is 0.133 e. The molecule has 0 radical (unpaired) electrons. The number of fused-ring (bicyclic) bond motifs is 1. The van der Waals surface area contributed by atoms with E-state index < -0.39 is 6.10 Å². The van der Waals surface area contributed by atoms with Gasteiger partial charge < -0.3 is 15.2 Å². The first-order valence-corrected chi connectivity index (χ1v) is 7.18. The number of rotatable bonds is 6. The molecule has 0 spiro atoms. The van der Waals surface area contributed by atoms with Crippen molar-refractivity contribution in [3.05, 3.63) is 15.8 Å². The monoisotopic (exact) mass is 255 g/mol. The van der Waals surface area contributed by atoms with Gasteiger partial charge in [-0.1, -0.05) is 13.8 Å². The molecule has 0 saturated carbocycles. The summed E-state index contributed by atoms with van der Waals surface area (Å²) in [6, 6.07) is 0.398. The van der Waals surface area contributed by atoms with E-state index in [0.29, 0.717) is 19.2 Å². The Morgan fingerprint density at radius 3 is 3.06 bits per heavy atom. The van der Waals surface area contributed by atoms with E-state index in [1.165, 1.54) is 23.3 Å². The number of hydrogen-bond acceptors (Lipinski definition) is 4. The van der Waals surface area contributed by atoms with E-state index in [1.54, 1.807) is 11.3 Å². The van der Waals surface area contributed by atoms with Gasteiger partial charge in [0.1, 0.15) is 18.5 Å². The summed E-state index contributed by atoms with van der Waals surface area (Å²) in [4.78, 5) is 1.47. The predicted octanol–water partition coefficient (Wildman–Crippen LogP) is 1.97. The van der Waals surface area contributed by atoms with Crippen molar-refractivity contribution in [3.8, 4) is 5.75 Å². The number of nitrogens with one attached hydrogen (secondary N) is 1. The van der Waals surface area contributed by atoms with Crippen LogP contribution in [0.1, 0.15) is 30.7 Å². The molecule has 0 aliphatic heterocycles. The minimum absolute atomic E-state index is 0.378. The van der Waals surface area contributed by atoms with Crippen molar-refractivity contribution in [1.29, 1.82) is 0 Å². The zero-order valence-corrected chi connectivity index (χ0v) is 11.3. The van der Waals surface area contributed by atoms with Gasteiger partial charge in [0.2, 0.25) is 0 Å². The van der Waals surface area contributed by atoms with E-state index in [9.17, 15) is 5.11 Å². The third-order valence-electron chi connectivity index (χ3n) is 2.97. The van der Waals surface area contributed by atoms with Crippen LogP contribution in [-0.4, -0.2) is 30.4 Å². The third kappa shape index (κ3) is 3.44. The minimum atomic E-state index is -0.436. The summed E-state index contributed by atoms with van der Waals surface area (Å²) in [7, 11) is 0. The van der Waals surface area contributed by atoms with Crippen molar-refractivity contribution in [2.24, 2.45) is 0 Å². The van der Waals surface area contributed by atoms with Crippen LogP contribution < -0.4 is 10.1 Å². The second kappa shape index (κ2) is 5.85. The molecule has 0 saturated heterocycles. The highest BCUT2D eigenvalue weighted by molar-refractivity contribution is 7.10. The van der Waals surface area contributed by atoms with Crippen LogP contribution in [0.25, 0.3) is 0 Å². The Balaban J connectivity index is 1.77. The summed E-state index contributed by atoms with van der Waals surface area (Å²) in [6.45, 7) is 5.10. The first-order chi connectivity index (χ1) is 8.16. The van der Waals surface area contributed by atoms with Crippen molar-refractivity contribution < 1.29 is 9.84 Å². The molecular formula is C13H21NO2S. The lowest BCUT2D eigenvalue weighted by Crippen LogP contribution is -2.35. The molecule has 2 N–H and O–H groups in total. The largest absolute Gasteiger partial charge is 0.490 e. The molecule has 1 unspecified atom stereocenters. The number of aryl methyl sites for hydroxylation is 1. The fourth-order valence-electron chi connectivity index (χ4n) is 2.04. The zero-order chi connectivity index (χ0) is 12.3. The van der Waals surface area contributed by atoms with Gasteiger partial charge in [-0.3, -0.25) is 0 Å². The molecule has 1 heterocycles. The quantitative estimate of drug-likeness (QED) is 0.816. The minimum Gasteiger partial charge on any atom is -0.490 e. The van der Waals surface area contributed by atoms with E-state index in [2.05, 4.69) is 24.5 Å². The molecule has 2 rings (SSSR count). The van der Waals surface area contributed by atoms with Gasteiger partial charge in [-0.2, -0.15) is 0 Å². The van der Waals surface area contributed by atoms with E-state index in [-0.39, 0.29) is 0 Å². The lowest BCUT2D eigenvalue weighted by atomic mass is 10.2. The molecule has 0 fully saturated rings. The number of ether oxygens (including phenoxy) is 1. The number of thiophene rings is 1. The summed E-state index contributed by atoms with van der Waals surface area (Å²) in [6.07, 6.45) is 3.14. The Labute approximate surface area is 107 Å². The summed E-state index contributed by atoms with van der Waals surface area (Å²) in [5.41, 5.74) is 1.37. The normalized spacial score (nSPS) is 16.2. The van der Waals surface area contributed by atoms with Crippen molar-refractivity contribution in [2.75, 3.05) is 13.2 Å². The van der Waals surface area contributed by atoms with Gasteiger partial charge in [-0.05, 0) is 19.3 Å². The highest BCUT2D eigenvalue weighted by Gasteiger charge is 2.18. The van der Waals surface area contributed by atoms with Crippen LogP contribution in [0.15, 0.2) is 5.38 Å². The van der Waals surface area contributed by atoms with Crippen molar-refractivity contribution >= 4 is 11.3 Å². The molecule has 1 aliphatic rings. The number of aliphatic hydroxyl groups excluding tert-OH is 1. The Morgan fingerprint density at radius 1 is 1.47 bits per heavy atom. The Morgan fingerprint density at radius 2 is 2.29 bits per heavy atom. The fourth-order valence-corrected chi connectivity index (χ4v) is 3.11. The van der Waals surface area contributed by atoms with Gasteiger partial charge in [-0.15, -0.1) is 11.3 Å². The van der Waals surface area contributed by atoms with Crippen LogP contribution in [0.2, 0.25) is 0 Å². The maximum Gasteiger partial charge on any atom is 0.133 e. The van der Waals surface area contributed by atoms with E-state index in [0.717, 1.165) is 12.2 Å². The number of hydrogen-bond donors (Lipinski definition) is 2. The van der Waals surface area contributed by atoms with Crippen LogP contribution >= 0.6 is 11.3 Å². The van der Waals surface area contributed by atoms with Crippen LogP contribution in [0, 0.1) is 0 Å². The predicted molar refractivity (Wildman–Crippen MR) is 71.0 cm³/mol. The molecule has 0 bridgehead atoms. The van der Waals surface area contributed by atoms with Crippen LogP contribution in [0.3, 0.4) is 0 Å². The maximum absolute atomic E-state index is 9.76. The standard InChI is InChI=1S/C13H21NO2S/c1-9(2)14-6-10(15)7-16-12-8-17-13-5-3-4-11(12)13/h8-10,14-15H,3-7H2,1-2H3. The van der Waals surface area contributed by atoms with Gasteiger partial charge in [0.25, 0.3) is 0 Å². The zero-order valence-electron chi connectivity index (χ0n) is 10.5. The summed E-state index contributed by atoms with van der Waals surface area (Å²) >= 11 is 1.79. The second-order valence-electron chi connectivity index (χ2n) is 4.88. The number of aliphatic hydroxyl groups is 1. The maximum atomic E-state index is 9.76. The fraction of sp³-hybridized carbons (Fsp3) is 0.692. The lowest BCUT2D eigenvalue weighted by Gasteiger charge is -2.15. The Hall–Kier alpha value is -0.580. The molecule has 0 aromatic carbocycles. The molecule has 17 heavy (non-hydrogen) atoms. The molecule has 4 heteroatoms. The molecule has 96 valence electrons. The molecule has 1 aromatic heterocycles. The van der Waals surface area contributed by atoms with E-state index in [1.807, 2.05) is 0 Å². The molecule has 1 aliphatic carbocycles. The van der Waals surface area contributed by atoms with Crippen molar-refractivity contribution in [3.63, 3.8) is 0 Å². The summed E-state index contributed by atoms with van der Waals surface area (Å²) in [5, 5.41) is 15.0. The van der Waals surface area contributed by atoms with Crippen molar-refractivity contribution in [2.45, 2.75) is 45.3 Å².